The van der Waals surface area contributed by atoms with Gasteiger partial charge in [0.2, 0.25) is 0 Å². The summed E-state index contributed by atoms with van der Waals surface area (Å²) in [6.45, 7) is 3.94. The summed E-state index contributed by atoms with van der Waals surface area (Å²) in [4.78, 5) is 16.4. The monoisotopic (exact) mass is 295 g/mol. The van der Waals surface area contributed by atoms with Crippen molar-refractivity contribution >= 4 is 28.7 Å². The number of hydrogen-bond acceptors (Lipinski definition) is 4. The molecule has 1 aromatic heterocycles. The third-order valence-corrected chi connectivity index (χ3v) is 4.09. The van der Waals surface area contributed by atoms with Crippen LogP contribution in [-0.2, 0) is 6.42 Å². The highest BCUT2D eigenvalue weighted by molar-refractivity contribution is 7.13. The van der Waals surface area contributed by atoms with Crippen LogP contribution in [0.1, 0.15) is 27.3 Å². The van der Waals surface area contributed by atoms with E-state index in [-0.39, 0.29) is 5.78 Å². The number of nitrogens with zero attached hydrogens (tertiary/aromatic N) is 1. The second-order valence-corrected chi connectivity index (χ2v) is 5.65. The van der Waals surface area contributed by atoms with Gasteiger partial charge in [0.15, 0.2) is 5.78 Å². The Morgan fingerprint density at radius 1 is 1.47 bits per heavy atom. The molecular weight excluding hydrogens is 282 g/mol. The molecular formula is C14H14ClNO2S. The smallest absolute Gasteiger partial charge is 0.171 e. The molecule has 0 amide bonds. The van der Waals surface area contributed by atoms with E-state index < -0.39 is 0 Å². The zero-order valence-electron chi connectivity index (χ0n) is 10.8. The Labute approximate surface area is 121 Å². The quantitative estimate of drug-likeness (QED) is 0.785. The molecule has 0 N–H and O–H groups in total. The van der Waals surface area contributed by atoms with Crippen LogP contribution in [0.4, 0.5) is 0 Å². The minimum absolute atomic E-state index is 0.0667. The van der Waals surface area contributed by atoms with E-state index in [0.717, 1.165) is 21.3 Å². The summed E-state index contributed by atoms with van der Waals surface area (Å²) in [5.74, 6) is 0.810. The number of thiazole rings is 1. The van der Waals surface area contributed by atoms with Crippen molar-refractivity contribution < 1.29 is 9.53 Å². The minimum atomic E-state index is 0.0667. The summed E-state index contributed by atoms with van der Waals surface area (Å²) in [6, 6.07) is 7.28. The largest absolute Gasteiger partial charge is 0.493 e. The molecule has 1 heterocycles. The van der Waals surface area contributed by atoms with Crippen molar-refractivity contribution in [2.24, 2.45) is 0 Å². The first kappa shape index (κ1) is 14.0. The van der Waals surface area contributed by atoms with E-state index in [4.69, 9.17) is 16.3 Å². The number of aryl methyl sites for hydroxylation is 1. The van der Waals surface area contributed by atoms with Gasteiger partial charge in [0.25, 0.3) is 0 Å². The molecule has 0 fully saturated rings. The molecule has 0 bridgehead atoms. The van der Waals surface area contributed by atoms with Crippen LogP contribution in [0.3, 0.4) is 0 Å². The van der Waals surface area contributed by atoms with Gasteiger partial charge in [-0.1, -0.05) is 17.7 Å². The average molecular weight is 296 g/mol. The van der Waals surface area contributed by atoms with E-state index in [1.165, 1.54) is 11.3 Å². The zero-order valence-corrected chi connectivity index (χ0v) is 12.3. The van der Waals surface area contributed by atoms with Gasteiger partial charge in [-0.2, -0.15) is 0 Å². The van der Waals surface area contributed by atoms with Crippen molar-refractivity contribution in [3.63, 3.8) is 0 Å². The van der Waals surface area contributed by atoms with Gasteiger partial charge in [-0.25, -0.2) is 4.98 Å². The summed E-state index contributed by atoms with van der Waals surface area (Å²) >= 11 is 7.31. The van der Waals surface area contributed by atoms with Gasteiger partial charge in [0.1, 0.15) is 5.75 Å². The van der Waals surface area contributed by atoms with Crippen molar-refractivity contribution in [2.75, 3.05) is 6.61 Å². The molecule has 100 valence electrons. The normalized spacial score (nSPS) is 10.5. The first-order valence-corrected chi connectivity index (χ1v) is 7.11. The molecule has 2 rings (SSSR count). The Morgan fingerprint density at radius 3 is 2.89 bits per heavy atom. The third kappa shape index (κ3) is 3.78. The van der Waals surface area contributed by atoms with Gasteiger partial charge in [-0.3, -0.25) is 4.79 Å². The highest BCUT2D eigenvalue weighted by Crippen LogP contribution is 2.20. The van der Waals surface area contributed by atoms with Crippen molar-refractivity contribution in [3.8, 4) is 5.75 Å². The molecule has 0 radical (unpaired) electrons. The SMILES string of the molecule is CC(=O)c1sc(CCOc2cccc(Cl)c2)nc1C. The summed E-state index contributed by atoms with van der Waals surface area (Å²) in [5, 5.41) is 1.58. The standard InChI is InChI=1S/C14H14ClNO2S/c1-9-14(10(2)17)19-13(16-9)6-7-18-12-5-3-4-11(15)8-12/h3-5,8H,6-7H2,1-2H3. The molecule has 0 atom stereocenters. The van der Waals surface area contributed by atoms with Crippen LogP contribution in [0.5, 0.6) is 5.75 Å². The first-order valence-electron chi connectivity index (χ1n) is 5.92. The van der Waals surface area contributed by atoms with E-state index in [9.17, 15) is 4.79 Å². The van der Waals surface area contributed by atoms with Crippen LogP contribution < -0.4 is 4.74 Å². The molecule has 0 unspecified atom stereocenters. The molecule has 3 nitrogen and oxygen atoms in total. The molecule has 1 aromatic carbocycles. The number of aromatic nitrogens is 1. The summed E-state index contributed by atoms with van der Waals surface area (Å²) < 4.78 is 5.60. The second-order valence-electron chi connectivity index (χ2n) is 4.13. The Balaban J connectivity index is 1.92. The van der Waals surface area contributed by atoms with Gasteiger partial charge in [0, 0.05) is 18.4 Å². The fraction of sp³-hybridized carbons (Fsp3) is 0.286. The van der Waals surface area contributed by atoms with Crippen LogP contribution in [0.2, 0.25) is 5.02 Å². The fourth-order valence-corrected chi connectivity index (χ4v) is 2.82. The Morgan fingerprint density at radius 2 is 2.26 bits per heavy atom. The number of rotatable bonds is 5. The first-order chi connectivity index (χ1) is 9.06. The Kier molecular flexibility index (Phi) is 4.56. The van der Waals surface area contributed by atoms with E-state index in [2.05, 4.69) is 4.98 Å². The lowest BCUT2D eigenvalue weighted by molar-refractivity contribution is 0.102. The number of hydrogen-bond donors (Lipinski definition) is 0. The lowest BCUT2D eigenvalue weighted by atomic mass is 10.3. The molecule has 2 aromatic rings. The number of ether oxygens (including phenoxy) is 1. The number of halogens is 1. The van der Waals surface area contributed by atoms with Gasteiger partial charge in [-0.15, -0.1) is 11.3 Å². The molecule has 0 saturated carbocycles. The number of carbonyl (C=O) groups is 1. The maximum Gasteiger partial charge on any atom is 0.171 e. The van der Waals surface area contributed by atoms with Crippen molar-refractivity contribution in [1.29, 1.82) is 0 Å². The van der Waals surface area contributed by atoms with Crippen molar-refractivity contribution in [1.82, 2.24) is 4.98 Å². The lowest BCUT2D eigenvalue weighted by Crippen LogP contribution is -2.00. The molecule has 0 aliphatic rings. The average Bonchev–Trinajstić information content (AvgIpc) is 2.71. The topological polar surface area (TPSA) is 39.2 Å². The van der Waals surface area contributed by atoms with Gasteiger partial charge < -0.3 is 4.74 Å². The predicted octanol–water partition coefficient (Wildman–Crippen LogP) is 3.93. The van der Waals surface area contributed by atoms with Crippen LogP contribution in [0.25, 0.3) is 0 Å². The van der Waals surface area contributed by atoms with E-state index >= 15 is 0 Å². The molecule has 0 spiro atoms. The third-order valence-electron chi connectivity index (χ3n) is 2.54. The zero-order chi connectivity index (χ0) is 13.8. The van der Waals surface area contributed by atoms with Crippen LogP contribution >= 0.6 is 22.9 Å². The van der Waals surface area contributed by atoms with Crippen LogP contribution in [0, 0.1) is 6.92 Å². The van der Waals surface area contributed by atoms with Crippen LogP contribution in [0.15, 0.2) is 24.3 Å². The molecule has 19 heavy (non-hydrogen) atoms. The number of Topliss-reactive ketones (excluding diaryl/α,β-unsaturated/α-hetero) is 1. The van der Waals surface area contributed by atoms with Gasteiger partial charge in [-0.05, 0) is 25.1 Å². The Hall–Kier alpha value is -1.39. The highest BCUT2D eigenvalue weighted by atomic mass is 35.5. The number of ketones is 1. The van der Waals surface area contributed by atoms with Crippen LogP contribution in [-0.4, -0.2) is 17.4 Å². The highest BCUT2D eigenvalue weighted by Gasteiger charge is 2.11. The maximum atomic E-state index is 11.3. The number of carbonyl (C=O) groups excluding carboxylic acids is 1. The summed E-state index contributed by atoms with van der Waals surface area (Å²) in [6.07, 6.45) is 0.686. The molecule has 0 saturated heterocycles. The summed E-state index contributed by atoms with van der Waals surface area (Å²) in [5.41, 5.74) is 0.801. The summed E-state index contributed by atoms with van der Waals surface area (Å²) in [7, 11) is 0. The molecule has 0 aliphatic heterocycles. The van der Waals surface area contributed by atoms with Gasteiger partial charge in [0.05, 0.1) is 22.2 Å². The predicted molar refractivity (Wildman–Crippen MR) is 77.5 cm³/mol. The Bertz CT molecular complexity index is 595. The van der Waals surface area contributed by atoms with E-state index in [1.54, 1.807) is 19.1 Å². The fourth-order valence-electron chi connectivity index (χ4n) is 1.70. The van der Waals surface area contributed by atoms with E-state index in [0.29, 0.717) is 18.1 Å². The van der Waals surface area contributed by atoms with Crippen molar-refractivity contribution in [3.05, 3.63) is 44.9 Å². The molecule has 0 aliphatic carbocycles. The van der Waals surface area contributed by atoms with Gasteiger partial charge >= 0.3 is 0 Å². The maximum absolute atomic E-state index is 11.3. The number of benzene rings is 1. The molecule has 5 heteroatoms. The lowest BCUT2D eigenvalue weighted by Gasteiger charge is -2.04. The minimum Gasteiger partial charge on any atom is -0.493 e. The van der Waals surface area contributed by atoms with Crippen molar-refractivity contribution in [2.45, 2.75) is 20.3 Å². The van der Waals surface area contributed by atoms with E-state index in [1.807, 2.05) is 19.1 Å². The second kappa shape index (κ2) is 6.17.